The van der Waals surface area contributed by atoms with Gasteiger partial charge in [-0.2, -0.15) is 13.2 Å². The number of halogens is 4. The van der Waals surface area contributed by atoms with Gasteiger partial charge in [-0.1, -0.05) is 11.6 Å². The molecule has 1 rings (SSSR count). The second-order valence-electron chi connectivity index (χ2n) is 3.08. The van der Waals surface area contributed by atoms with Crippen molar-refractivity contribution in [1.29, 1.82) is 0 Å². The number of ether oxygens (including phenoxy) is 1. The van der Waals surface area contributed by atoms with Crippen LogP contribution in [0, 0.1) is 0 Å². The highest BCUT2D eigenvalue weighted by atomic mass is 35.5. The van der Waals surface area contributed by atoms with Crippen molar-refractivity contribution >= 4 is 22.9 Å². The van der Waals surface area contributed by atoms with Crippen molar-refractivity contribution in [2.75, 3.05) is 19.8 Å². The Morgan fingerprint density at radius 1 is 1.44 bits per heavy atom. The zero-order valence-corrected chi connectivity index (χ0v) is 9.88. The average Bonchev–Trinajstić information content (AvgIpc) is 2.56. The Kier molecular flexibility index (Phi) is 5.54. The second-order valence-corrected chi connectivity index (χ2v) is 4.51. The molecule has 1 heterocycles. The molecule has 1 aromatic heterocycles. The summed E-state index contributed by atoms with van der Waals surface area (Å²) in [5.41, 5.74) is 0. The van der Waals surface area contributed by atoms with Crippen LogP contribution in [0.15, 0.2) is 11.4 Å². The predicted molar refractivity (Wildman–Crippen MR) is 57.9 cm³/mol. The molecule has 0 saturated carbocycles. The quantitative estimate of drug-likeness (QED) is 0.805. The molecule has 0 radical (unpaired) electrons. The van der Waals surface area contributed by atoms with Crippen LogP contribution < -0.4 is 5.32 Å². The summed E-state index contributed by atoms with van der Waals surface area (Å²) in [6, 6.07) is 1.82. The zero-order chi connectivity index (χ0) is 12.0. The van der Waals surface area contributed by atoms with Gasteiger partial charge in [-0.05, 0) is 6.07 Å². The van der Waals surface area contributed by atoms with Crippen LogP contribution in [0.4, 0.5) is 13.2 Å². The normalized spacial score (nSPS) is 12.0. The third kappa shape index (κ3) is 6.32. The van der Waals surface area contributed by atoms with Gasteiger partial charge in [-0.3, -0.25) is 0 Å². The minimum atomic E-state index is -4.25. The second kappa shape index (κ2) is 6.44. The molecule has 1 N–H and O–H groups in total. The van der Waals surface area contributed by atoms with E-state index in [9.17, 15) is 13.2 Å². The van der Waals surface area contributed by atoms with Crippen LogP contribution in [0.2, 0.25) is 5.02 Å². The number of alkyl halides is 3. The van der Waals surface area contributed by atoms with Crippen molar-refractivity contribution < 1.29 is 17.9 Å². The van der Waals surface area contributed by atoms with Crippen LogP contribution in [-0.4, -0.2) is 25.9 Å². The predicted octanol–water partition coefficient (Wildman–Crippen LogP) is 3.07. The maximum atomic E-state index is 11.7. The summed E-state index contributed by atoms with van der Waals surface area (Å²) in [6.07, 6.45) is -4.25. The molecule has 16 heavy (non-hydrogen) atoms. The minimum absolute atomic E-state index is 0.0403. The van der Waals surface area contributed by atoms with E-state index < -0.39 is 12.8 Å². The Morgan fingerprint density at radius 2 is 2.19 bits per heavy atom. The van der Waals surface area contributed by atoms with Crippen LogP contribution in [-0.2, 0) is 11.3 Å². The smallest absolute Gasteiger partial charge is 0.371 e. The standard InChI is InChI=1S/C9H11ClF3NOS/c10-7-3-8(16-5-7)4-14-1-2-15-6-9(11,12)13/h3,5,14H,1-2,4,6H2. The molecule has 0 aromatic carbocycles. The highest BCUT2D eigenvalue weighted by Gasteiger charge is 2.27. The van der Waals surface area contributed by atoms with E-state index in [1.54, 1.807) is 5.38 Å². The molecule has 0 spiro atoms. The summed E-state index contributed by atoms with van der Waals surface area (Å²) < 4.78 is 39.5. The van der Waals surface area contributed by atoms with Gasteiger partial charge in [0.05, 0.1) is 11.6 Å². The van der Waals surface area contributed by atoms with E-state index >= 15 is 0 Å². The lowest BCUT2D eigenvalue weighted by Gasteiger charge is -2.07. The van der Waals surface area contributed by atoms with Gasteiger partial charge in [0.1, 0.15) is 6.61 Å². The number of hydrogen-bond acceptors (Lipinski definition) is 3. The van der Waals surface area contributed by atoms with E-state index in [1.807, 2.05) is 6.07 Å². The lowest BCUT2D eigenvalue weighted by molar-refractivity contribution is -0.173. The molecule has 7 heteroatoms. The minimum Gasteiger partial charge on any atom is -0.371 e. The maximum absolute atomic E-state index is 11.7. The fourth-order valence-electron chi connectivity index (χ4n) is 0.990. The van der Waals surface area contributed by atoms with Crippen molar-refractivity contribution in [3.05, 3.63) is 21.3 Å². The maximum Gasteiger partial charge on any atom is 0.411 e. The Morgan fingerprint density at radius 3 is 2.75 bits per heavy atom. The van der Waals surface area contributed by atoms with Crippen molar-refractivity contribution in [2.24, 2.45) is 0 Å². The average molecular weight is 274 g/mol. The molecule has 0 saturated heterocycles. The molecule has 1 aromatic rings. The number of rotatable bonds is 6. The molecule has 0 aliphatic rings. The summed E-state index contributed by atoms with van der Waals surface area (Å²) in [5.74, 6) is 0. The van der Waals surface area contributed by atoms with Crippen molar-refractivity contribution in [3.8, 4) is 0 Å². The molecule has 0 atom stereocenters. The molecular weight excluding hydrogens is 263 g/mol. The van der Waals surface area contributed by atoms with Gasteiger partial charge in [-0.15, -0.1) is 11.3 Å². The topological polar surface area (TPSA) is 21.3 Å². The summed E-state index contributed by atoms with van der Waals surface area (Å²) in [6.45, 7) is -0.184. The summed E-state index contributed by atoms with van der Waals surface area (Å²) in [4.78, 5) is 1.04. The molecule has 0 aliphatic heterocycles. The van der Waals surface area contributed by atoms with Crippen LogP contribution in [0.25, 0.3) is 0 Å². The molecule has 0 unspecified atom stereocenters. The van der Waals surface area contributed by atoms with E-state index in [1.165, 1.54) is 11.3 Å². The summed E-state index contributed by atoms with van der Waals surface area (Å²) in [7, 11) is 0. The first kappa shape index (κ1) is 13.8. The Hall–Kier alpha value is -0.300. The fourth-order valence-corrected chi connectivity index (χ4v) is 2.03. The Balaban J connectivity index is 2.00. The lowest BCUT2D eigenvalue weighted by Crippen LogP contribution is -2.23. The van der Waals surface area contributed by atoms with Crippen molar-refractivity contribution in [1.82, 2.24) is 5.32 Å². The first-order valence-corrected chi connectivity index (χ1v) is 5.81. The number of thiophene rings is 1. The van der Waals surface area contributed by atoms with Gasteiger partial charge in [0, 0.05) is 23.3 Å². The van der Waals surface area contributed by atoms with Gasteiger partial charge in [0.25, 0.3) is 0 Å². The molecular formula is C9H11ClF3NOS. The number of hydrogen-bond donors (Lipinski definition) is 1. The first-order chi connectivity index (χ1) is 7.47. The van der Waals surface area contributed by atoms with Gasteiger partial charge in [0.15, 0.2) is 0 Å². The van der Waals surface area contributed by atoms with E-state index in [-0.39, 0.29) is 6.61 Å². The SMILES string of the molecule is FC(F)(F)COCCNCc1cc(Cl)cs1. The van der Waals surface area contributed by atoms with Crippen molar-refractivity contribution in [2.45, 2.75) is 12.7 Å². The van der Waals surface area contributed by atoms with Crippen molar-refractivity contribution in [3.63, 3.8) is 0 Å². The lowest BCUT2D eigenvalue weighted by atomic mass is 10.4. The number of nitrogens with one attached hydrogen (secondary N) is 1. The van der Waals surface area contributed by atoms with E-state index in [2.05, 4.69) is 10.1 Å². The van der Waals surface area contributed by atoms with Gasteiger partial charge in [0.2, 0.25) is 0 Å². The molecule has 92 valence electrons. The molecule has 0 aliphatic carbocycles. The van der Waals surface area contributed by atoms with Gasteiger partial charge < -0.3 is 10.1 Å². The summed E-state index contributed by atoms with van der Waals surface area (Å²) in [5, 5.41) is 5.44. The molecule has 2 nitrogen and oxygen atoms in total. The van der Waals surface area contributed by atoms with Crippen LogP contribution in [0.3, 0.4) is 0 Å². The third-order valence-electron chi connectivity index (χ3n) is 1.61. The Labute approximate surface area is 100 Å². The summed E-state index contributed by atoms with van der Waals surface area (Å²) >= 11 is 7.21. The fraction of sp³-hybridized carbons (Fsp3) is 0.556. The Bertz CT molecular complexity index is 316. The van der Waals surface area contributed by atoms with E-state index in [0.717, 1.165) is 4.88 Å². The monoisotopic (exact) mass is 273 g/mol. The van der Waals surface area contributed by atoms with E-state index in [4.69, 9.17) is 11.6 Å². The van der Waals surface area contributed by atoms with E-state index in [0.29, 0.717) is 18.1 Å². The van der Waals surface area contributed by atoms with Crippen LogP contribution >= 0.6 is 22.9 Å². The molecule has 0 fully saturated rings. The molecule has 0 bridgehead atoms. The third-order valence-corrected chi connectivity index (χ3v) is 2.89. The highest BCUT2D eigenvalue weighted by Crippen LogP contribution is 2.18. The zero-order valence-electron chi connectivity index (χ0n) is 8.31. The largest absolute Gasteiger partial charge is 0.411 e. The first-order valence-electron chi connectivity index (χ1n) is 4.55. The van der Waals surface area contributed by atoms with Gasteiger partial charge >= 0.3 is 6.18 Å². The van der Waals surface area contributed by atoms with Crippen LogP contribution in [0.1, 0.15) is 4.88 Å². The molecule has 0 amide bonds. The highest BCUT2D eigenvalue weighted by molar-refractivity contribution is 7.10. The van der Waals surface area contributed by atoms with Crippen LogP contribution in [0.5, 0.6) is 0 Å². The van der Waals surface area contributed by atoms with Gasteiger partial charge in [-0.25, -0.2) is 0 Å².